The lowest BCUT2D eigenvalue weighted by molar-refractivity contribution is 0.370. The molecule has 5 nitrogen and oxygen atoms in total. The van der Waals surface area contributed by atoms with Crippen molar-refractivity contribution in [3.63, 3.8) is 0 Å². The van der Waals surface area contributed by atoms with Gasteiger partial charge in [-0.25, -0.2) is 0 Å². The van der Waals surface area contributed by atoms with Gasteiger partial charge in [0.1, 0.15) is 5.82 Å². The summed E-state index contributed by atoms with van der Waals surface area (Å²) in [4.78, 5) is 12.6. The lowest BCUT2D eigenvalue weighted by Gasteiger charge is -2.17. The first-order valence-corrected chi connectivity index (χ1v) is 5.01. The fourth-order valence-electron chi connectivity index (χ4n) is 1.02. The maximum atomic E-state index is 5.03. The van der Waals surface area contributed by atoms with Gasteiger partial charge < -0.3 is 10.1 Å². The van der Waals surface area contributed by atoms with Crippen molar-refractivity contribution < 1.29 is 4.74 Å². The van der Waals surface area contributed by atoms with Gasteiger partial charge in [0.05, 0.1) is 7.11 Å². The van der Waals surface area contributed by atoms with E-state index in [0.717, 1.165) is 12.4 Å². The van der Waals surface area contributed by atoms with Crippen LogP contribution in [0.2, 0.25) is 0 Å². The van der Waals surface area contributed by atoms with Crippen LogP contribution in [0.3, 0.4) is 0 Å². The molecule has 5 heteroatoms. The number of aromatic nitrogens is 3. The highest BCUT2D eigenvalue weighted by molar-refractivity contribution is 5.27. The van der Waals surface area contributed by atoms with Crippen molar-refractivity contribution in [2.75, 3.05) is 19.0 Å². The van der Waals surface area contributed by atoms with Crippen LogP contribution in [-0.4, -0.2) is 28.6 Å². The first-order valence-electron chi connectivity index (χ1n) is 5.01. The number of methoxy groups -OCH3 is 1. The molecule has 1 aromatic rings. The Bertz CT molecular complexity index is 333. The summed E-state index contributed by atoms with van der Waals surface area (Å²) in [6.07, 6.45) is 0. The topological polar surface area (TPSA) is 59.9 Å². The van der Waals surface area contributed by atoms with Crippen LogP contribution in [0.1, 0.15) is 33.5 Å². The molecule has 0 aliphatic carbocycles. The SMILES string of the molecule is CCNc1nc(OC)nc(C(C)(C)C)n1. The average Bonchev–Trinajstić information content (AvgIpc) is 2.16. The quantitative estimate of drug-likeness (QED) is 0.821. The average molecular weight is 210 g/mol. The van der Waals surface area contributed by atoms with E-state index in [4.69, 9.17) is 4.74 Å². The molecule has 84 valence electrons. The van der Waals surface area contributed by atoms with E-state index >= 15 is 0 Å². The Labute approximate surface area is 90.3 Å². The summed E-state index contributed by atoms with van der Waals surface area (Å²) in [6, 6.07) is 0.353. The molecule has 0 atom stereocenters. The summed E-state index contributed by atoms with van der Waals surface area (Å²) in [5, 5.41) is 3.05. The van der Waals surface area contributed by atoms with Crippen molar-refractivity contribution >= 4 is 5.95 Å². The monoisotopic (exact) mass is 210 g/mol. The van der Waals surface area contributed by atoms with Gasteiger partial charge in [-0.1, -0.05) is 20.8 Å². The number of nitrogens with zero attached hydrogens (tertiary/aromatic N) is 3. The lowest BCUT2D eigenvalue weighted by atomic mass is 9.96. The van der Waals surface area contributed by atoms with Gasteiger partial charge in [-0.15, -0.1) is 0 Å². The maximum absolute atomic E-state index is 5.03. The van der Waals surface area contributed by atoms with E-state index in [9.17, 15) is 0 Å². The van der Waals surface area contributed by atoms with Crippen molar-refractivity contribution in [2.24, 2.45) is 0 Å². The number of anilines is 1. The molecule has 1 N–H and O–H groups in total. The Morgan fingerprint density at radius 1 is 1.20 bits per heavy atom. The number of hydrogen-bond acceptors (Lipinski definition) is 5. The molecule has 0 amide bonds. The molecule has 0 spiro atoms. The molecule has 0 aliphatic heterocycles. The Hall–Kier alpha value is -1.39. The normalized spacial score (nSPS) is 11.3. The third kappa shape index (κ3) is 3.04. The van der Waals surface area contributed by atoms with Gasteiger partial charge in [-0.05, 0) is 6.92 Å². The van der Waals surface area contributed by atoms with Crippen molar-refractivity contribution in [3.05, 3.63) is 5.82 Å². The zero-order valence-electron chi connectivity index (χ0n) is 9.96. The van der Waals surface area contributed by atoms with Crippen LogP contribution >= 0.6 is 0 Å². The lowest BCUT2D eigenvalue weighted by Crippen LogP contribution is -2.18. The van der Waals surface area contributed by atoms with E-state index in [-0.39, 0.29) is 5.41 Å². The smallest absolute Gasteiger partial charge is 0.321 e. The molecule has 1 rings (SSSR count). The minimum Gasteiger partial charge on any atom is -0.467 e. The van der Waals surface area contributed by atoms with Gasteiger partial charge in [-0.3, -0.25) is 0 Å². The van der Waals surface area contributed by atoms with Crippen LogP contribution in [0, 0.1) is 0 Å². The maximum Gasteiger partial charge on any atom is 0.321 e. The van der Waals surface area contributed by atoms with Gasteiger partial charge in [0.2, 0.25) is 5.95 Å². The van der Waals surface area contributed by atoms with E-state index in [2.05, 4.69) is 41.0 Å². The summed E-state index contributed by atoms with van der Waals surface area (Å²) in [6.45, 7) is 8.93. The number of nitrogens with one attached hydrogen (secondary N) is 1. The molecule has 0 aromatic carbocycles. The van der Waals surface area contributed by atoms with Gasteiger partial charge in [-0.2, -0.15) is 15.0 Å². The first kappa shape index (κ1) is 11.7. The van der Waals surface area contributed by atoms with E-state index in [1.807, 2.05) is 6.92 Å². The number of hydrogen-bond donors (Lipinski definition) is 1. The zero-order valence-corrected chi connectivity index (χ0v) is 9.96. The molecule has 15 heavy (non-hydrogen) atoms. The fraction of sp³-hybridized carbons (Fsp3) is 0.700. The predicted octanol–water partition coefficient (Wildman–Crippen LogP) is 1.61. The van der Waals surface area contributed by atoms with Crippen LogP contribution in [0.5, 0.6) is 6.01 Å². The molecule has 0 bridgehead atoms. The van der Waals surface area contributed by atoms with Crippen LogP contribution in [0.15, 0.2) is 0 Å². The summed E-state index contributed by atoms with van der Waals surface area (Å²) >= 11 is 0. The Kier molecular flexibility index (Phi) is 3.44. The zero-order chi connectivity index (χ0) is 11.5. The Balaban J connectivity index is 3.11. The third-order valence-electron chi connectivity index (χ3n) is 1.80. The summed E-state index contributed by atoms with van der Waals surface area (Å²) in [7, 11) is 1.55. The Morgan fingerprint density at radius 2 is 1.87 bits per heavy atom. The van der Waals surface area contributed by atoms with E-state index < -0.39 is 0 Å². The molecule has 0 radical (unpaired) electrons. The highest BCUT2D eigenvalue weighted by Gasteiger charge is 2.19. The largest absolute Gasteiger partial charge is 0.467 e. The molecule has 0 saturated carbocycles. The van der Waals surface area contributed by atoms with E-state index in [0.29, 0.717) is 12.0 Å². The molecule has 1 heterocycles. The summed E-state index contributed by atoms with van der Waals surface area (Å²) in [5.41, 5.74) is -0.111. The molecule has 0 fully saturated rings. The fourth-order valence-corrected chi connectivity index (χ4v) is 1.02. The Morgan fingerprint density at radius 3 is 2.33 bits per heavy atom. The highest BCUT2D eigenvalue weighted by atomic mass is 16.5. The second-order valence-corrected chi connectivity index (χ2v) is 4.25. The predicted molar refractivity (Wildman–Crippen MR) is 59.2 cm³/mol. The van der Waals surface area contributed by atoms with Crippen molar-refractivity contribution in [1.82, 2.24) is 15.0 Å². The van der Waals surface area contributed by atoms with Crippen LogP contribution in [0.25, 0.3) is 0 Å². The first-order chi connectivity index (χ1) is 6.97. The number of rotatable bonds is 3. The second-order valence-electron chi connectivity index (χ2n) is 4.25. The van der Waals surface area contributed by atoms with Gasteiger partial charge >= 0.3 is 6.01 Å². The molecule has 0 unspecified atom stereocenters. The molecular formula is C10H18N4O. The number of ether oxygens (including phenoxy) is 1. The standard InChI is InChI=1S/C10H18N4O/c1-6-11-8-12-7(10(2,3)4)13-9(14-8)15-5/h6H2,1-5H3,(H,11,12,13,14). The van der Waals surface area contributed by atoms with Crippen LogP contribution < -0.4 is 10.1 Å². The van der Waals surface area contributed by atoms with Crippen LogP contribution in [-0.2, 0) is 5.41 Å². The summed E-state index contributed by atoms with van der Waals surface area (Å²) in [5.74, 6) is 1.29. The minimum absolute atomic E-state index is 0.111. The summed E-state index contributed by atoms with van der Waals surface area (Å²) < 4.78 is 5.03. The van der Waals surface area contributed by atoms with Crippen molar-refractivity contribution in [3.8, 4) is 6.01 Å². The van der Waals surface area contributed by atoms with Crippen molar-refractivity contribution in [2.45, 2.75) is 33.1 Å². The minimum atomic E-state index is -0.111. The molecule has 1 aromatic heterocycles. The highest BCUT2D eigenvalue weighted by Crippen LogP contribution is 2.20. The van der Waals surface area contributed by atoms with Gasteiger partial charge in [0.15, 0.2) is 0 Å². The van der Waals surface area contributed by atoms with Crippen LogP contribution in [0.4, 0.5) is 5.95 Å². The van der Waals surface area contributed by atoms with Gasteiger partial charge in [0.25, 0.3) is 0 Å². The van der Waals surface area contributed by atoms with Crippen molar-refractivity contribution in [1.29, 1.82) is 0 Å². The van der Waals surface area contributed by atoms with E-state index in [1.165, 1.54) is 0 Å². The van der Waals surface area contributed by atoms with Gasteiger partial charge in [0, 0.05) is 12.0 Å². The second kappa shape index (κ2) is 4.42. The molecular weight excluding hydrogens is 192 g/mol. The molecule has 0 aliphatic rings. The third-order valence-corrected chi connectivity index (χ3v) is 1.80. The van der Waals surface area contributed by atoms with E-state index in [1.54, 1.807) is 7.11 Å². The molecule has 0 saturated heterocycles.